The minimum absolute atomic E-state index is 0.178. The number of benzene rings is 1. The van der Waals surface area contributed by atoms with Crippen LogP contribution in [-0.2, 0) is 4.74 Å². The molecular formula is C14H21FN2O. The van der Waals surface area contributed by atoms with Gasteiger partial charge in [-0.25, -0.2) is 4.39 Å². The SMILES string of the molecule is CCC1COC(C)CN1c1cc(C)c(F)cc1N. The van der Waals surface area contributed by atoms with E-state index in [2.05, 4.69) is 11.8 Å². The highest BCUT2D eigenvalue weighted by atomic mass is 19.1. The fourth-order valence-electron chi connectivity index (χ4n) is 2.41. The second kappa shape index (κ2) is 5.14. The maximum absolute atomic E-state index is 13.5. The number of aryl methyl sites for hydroxylation is 1. The normalized spacial score (nSPS) is 24.3. The number of hydrogen-bond donors (Lipinski definition) is 1. The van der Waals surface area contributed by atoms with Gasteiger partial charge in [-0.05, 0) is 38.0 Å². The average Bonchev–Trinajstić information content (AvgIpc) is 2.34. The van der Waals surface area contributed by atoms with Crippen molar-refractivity contribution in [1.82, 2.24) is 0 Å². The first kappa shape index (κ1) is 13.1. The monoisotopic (exact) mass is 252 g/mol. The highest BCUT2D eigenvalue weighted by Gasteiger charge is 2.27. The molecule has 1 aromatic carbocycles. The molecule has 1 aliphatic rings. The van der Waals surface area contributed by atoms with Crippen molar-refractivity contribution in [3.63, 3.8) is 0 Å². The summed E-state index contributed by atoms with van der Waals surface area (Å²) in [6, 6.07) is 3.57. The van der Waals surface area contributed by atoms with Gasteiger partial charge >= 0.3 is 0 Å². The van der Waals surface area contributed by atoms with E-state index in [1.807, 2.05) is 13.0 Å². The van der Waals surface area contributed by atoms with Crippen molar-refractivity contribution in [3.8, 4) is 0 Å². The zero-order chi connectivity index (χ0) is 13.3. The summed E-state index contributed by atoms with van der Waals surface area (Å²) in [5.41, 5.74) is 8.03. The Morgan fingerprint density at radius 2 is 2.22 bits per heavy atom. The molecule has 3 nitrogen and oxygen atoms in total. The number of nitrogens with two attached hydrogens (primary N) is 1. The minimum Gasteiger partial charge on any atom is -0.397 e. The van der Waals surface area contributed by atoms with Crippen LogP contribution in [0.5, 0.6) is 0 Å². The summed E-state index contributed by atoms with van der Waals surface area (Å²) >= 11 is 0. The Hall–Kier alpha value is -1.29. The Bertz CT molecular complexity index is 436. The quantitative estimate of drug-likeness (QED) is 0.822. The summed E-state index contributed by atoms with van der Waals surface area (Å²) in [4.78, 5) is 2.25. The zero-order valence-electron chi connectivity index (χ0n) is 11.2. The number of ether oxygens (including phenoxy) is 1. The number of hydrogen-bond acceptors (Lipinski definition) is 3. The maximum Gasteiger partial charge on any atom is 0.128 e. The lowest BCUT2D eigenvalue weighted by atomic mass is 10.1. The van der Waals surface area contributed by atoms with E-state index < -0.39 is 0 Å². The zero-order valence-corrected chi connectivity index (χ0v) is 11.2. The average molecular weight is 252 g/mol. The first-order chi connectivity index (χ1) is 8.52. The molecule has 18 heavy (non-hydrogen) atoms. The van der Waals surface area contributed by atoms with Crippen LogP contribution in [0, 0.1) is 12.7 Å². The Kier molecular flexibility index (Phi) is 3.76. The fraction of sp³-hybridized carbons (Fsp3) is 0.571. The molecule has 2 atom stereocenters. The van der Waals surface area contributed by atoms with E-state index in [-0.39, 0.29) is 11.9 Å². The van der Waals surface area contributed by atoms with E-state index in [9.17, 15) is 4.39 Å². The first-order valence-electron chi connectivity index (χ1n) is 6.46. The van der Waals surface area contributed by atoms with Crippen LogP contribution >= 0.6 is 0 Å². The summed E-state index contributed by atoms with van der Waals surface area (Å²) in [6.07, 6.45) is 1.17. The predicted octanol–water partition coefficient (Wildman–Crippen LogP) is 2.72. The molecular weight excluding hydrogens is 231 g/mol. The molecule has 4 heteroatoms. The second-order valence-corrected chi connectivity index (χ2v) is 5.02. The minimum atomic E-state index is -0.245. The van der Waals surface area contributed by atoms with Gasteiger partial charge in [0.1, 0.15) is 5.82 Å². The van der Waals surface area contributed by atoms with Crippen LogP contribution in [0.15, 0.2) is 12.1 Å². The third-order valence-electron chi connectivity index (χ3n) is 3.56. The van der Waals surface area contributed by atoms with Gasteiger partial charge in [-0.3, -0.25) is 0 Å². The molecule has 0 aliphatic carbocycles. The first-order valence-corrected chi connectivity index (χ1v) is 6.46. The van der Waals surface area contributed by atoms with Crippen molar-refractivity contribution in [3.05, 3.63) is 23.5 Å². The van der Waals surface area contributed by atoms with Gasteiger partial charge in [-0.15, -0.1) is 0 Å². The molecule has 0 aromatic heterocycles. The topological polar surface area (TPSA) is 38.5 Å². The summed E-state index contributed by atoms with van der Waals surface area (Å²) in [5.74, 6) is -0.245. The Morgan fingerprint density at radius 1 is 1.50 bits per heavy atom. The molecule has 2 unspecified atom stereocenters. The van der Waals surface area contributed by atoms with Crippen LogP contribution in [0.25, 0.3) is 0 Å². The predicted molar refractivity (Wildman–Crippen MR) is 72.4 cm³/mol. The van der Waals surface area contributed by atoms with E-state index in [1.54, 1.807) is 6.92 Å². The van der Waals surface area contributed by atoms with Crippen molar-refractivity contribution in [2.24, 2.45) is 0 Å². The maximum atomic E-state index is 13.5. The third-order valence-corrected chi connectivity index (χ3v) is 3.56. The number of anilines is 2. The molecule has 1 aromatic rings. The van der Waals surface area contributed by atoms with E-state index >= 15 is 0 Å². The van der Waals surface area contributed by atoms with Crippen LogP contribution in [0.2, 0.25) is 0 Å². The highest BCUT2D eigenvalue weighted by Crippen LogP contribution is 2.31. The fourth-order valence-corrected chi connectivity index (χ4v) is 2.41. The van der Waals surface area contributed by atoms with Gasteiger partial charge in [0.2, 0.25) is 0 Å². The smallest absolute Gasteiger partial charge is 0.128 e. The molecule has 0 saturated carbocycles. The Morgan fingerprint density at radius 3 is 2.89 bits per heavy atom. The van der Waals surface area contributed by atoms with E-state index in [0.29, 0.717) is 23.9 Å². The van der Waals surface area contributed by atoms with Crippen LogP contribution < -0.4 is 10.6 Å². The molecule has 0 spiro atoms. The summed E-state index contributed by atoms with van der Waals surface area (Å²) in [5, 5.41) is 0. The van der Waals surface area contributed by atoms with Crippen LogP contribution in [0.1, 0.15) is 25.8 Å². The number of morpholine rings is 1. The van der Waals surface area contributed by atoms with Gasteiger partial charge in [0.15, 0.2) is 0 Å². The molecule has 1 aliphatic heterocycles. The van der Waals surface area contributed by atoms with Crippen molar-refractivity contribution >= 4 is 11.4 Å². The summed E-state index contributed by atoms with van der Waals surface area (Å²) in [7, 11) is 0. The molecule has 2 N–H and O–H groups in total. The van der Waals surface area contributed by atoms with Gasteiger partial charge in [0, 0.05) is 6.54 Å². The van der Waals surface area contributed by atoms with Crippen LogP contribution in [0.3, 0.4) is 0 Å². The van der Waals surface area contributed by atoms with Gasteiger partial charge in [-0.1, -0.05) is 6.92 Å². The van der Waals surface area contributed by atoms with Crippen molar-refractivity contribution in [2.45, 2.75) is 39.3 Å². The number of rotatable bonds is 2. The van der Waals surface area contributed by atoms with Gasteiger partial charge in [-0.2, -0.15) is 0 Å². The van der Waals surface area contributed by atoms with Gasteiger partial charge < -0.3 is 15.4 Å². The standard InChI is InChI=1S/C14H21FN2O/c1-4-11-8-18-10(3)7-17(11)14-5-9(2)12(15)6-13(14)16/h5-6,10-11H,4,7-8,16H2,1-3H3. The third kappa shape index (κ3) is 2.43. The number of nitrogens with zero attached hydrogens (tertiary/aromatic N) is 1. The highest BCUT2D eigenvalue weighted by molar-refractivity contribution is 5.69. The molecule has 2 rings (SSSR count). The Labute approximate surface area is 108 Å². The number of halogens is 1. The van der Waals surface area contributed by atoms with E-state index in [4.69, 9.17) is 10.5 Å². The summed E-state index contributed by atoms with van der Waals surface area (Å²) in [6.45, 7) is 7.44. The van der Waals surface area contributed by atoms with Gasteiger partial charge in [0.25, 0.3) is 0 Å². The lowest BCUT2D eigenvalue weighted by Gasteiger charge is -2.40. The number of nitrogen functional groups attached to an aromatic ring is 1. The lowest BCUT2D eigenvalue weighted by molar-refractivity contribution is 0.0300. The van der Waals surface area contributed by atoms with Crippen molar-refractivity contribution < 1.29 is 9.13 Å². The lowest BCUT2D eigenvalue weighted by Crippen LogP contribution is -2.49. The van der Waals surface area contributed by atoms with E-state index in [1.165, 1.54) is 6.07 Å². The molecule has 1 saturated heterocycles. The molecule has 0 amide bonds. The molecule has 1 heterocycles. The van der Waals surface area contributed by atoms with Crippen molar-refractivity contribution in [1.29, 1.82) is 0 Å². The van der Waals surface area contributed by atoms with E-state index in [0.717, 1.165) is 18.7 Å². The van der Waals surface area contributed by atoms with Crippen LogP contribution in [0.4, 0.5) is 15.8 Å². The molecule has 100 valence electrons. The molecule has 1 fully saturated rings. The molecule has 0 radical (unpaired) electrons. The molecule has 0 bridgehead atoms. The van der Waals surface area contributed by atoms with Crippen LogP contribution in [-0.4, -0.2) is 25.3 Å². The summed E-state index contributed by atoms with van der Waals surface area (Å²) < 4.78 is 19.1. The Balaban J connectivity index is 2.36. The largest absolute Gasteiger partial charge is 0.397 e. The second-order valence-electron chi connectivity index (χ2n) is 5.02. The van der Waals surface area contributed by atoms with Crippen molar-refractivity contribution in [2.75, 3.05) is 23.8 Å². The van der Waals surface area contributed by atoms with Gasteiger partial charge in [0.05, 0.1) is 30.1 Å².